The van der Waals surface area contributed by atoms with Crippen molar-refractivity contribution in [3.63, 3.8) is 0 Å². The third kappa shape index (κ3) is 3.59. The van der Waals surface area contributed by atoms with Crippen molar-refractivity contribution in [1.82, 2.24) is 0 Å². The topological polar surface area (TPSA) is 84.9 Å². The number of hydrogen-bond donors (Lipinski definition) is 1. The Morgan fingerprint density at radius 3 is 2.45 bits per heavy atom. The summed E-state index contributed by atoms with van der Waals surface area (Å²) < 4.78 is 38.6. The van der Waals surface area contributed by atoms with Gasteiger partial charge in [0, 0.05) is 17.8 Å². The van der Waals surface area contributed by atoms with Crippen LogP contribution >= 0.6 is 0 Å². The highest BCUT2D eigenvalue weighted by Crippen LogP contribution is 2.33. The second-order valence-electron chi connectivity index (χ2n) is 7.29. The number of fused-ring (bicyclic) bond motifs is 2. The first-order valence-corrected chi connectivity index (χ1v) is 11.4. The second kappa shape index (κ2) is 7.63. The van der Waals surface area contributed by atoms with Crippen LogP contribution in [0, 0.1) is 0 Å². The van der Waals surface area contributed by atoms with Crippen LogP contribution in [0.5, 0.6) is 11.5 Å². The van der Waals surface area contributed by atoms with E-state index in [0.717, 1.165) is 11.3 Å². The number of ether oxygens (including phenoxy) is 2. The predicted molar refractivity (Wildman–Crippen MR) is 117 cm³/mol. The molecule has 0 unspecified atom stereocenters. The summed E-state index contributed by atoms with van der Waals surface area (Å²) in [6, 6.07) is 18.7. The van der Waals surface area contributed by atoms with Gasteiger partial charge in [-0.25, -0.2) is 8.42 Å². The van der Waals surface area contributed by atoms with Crippen molar-refractivity contribution >= 4 is 27.3 Å². The van der Waals surface area contributed by atoms with Gasteiger partial charge in [-0.1, -0.05) is 18.2 Å². The molecule has 1 amide bonds. The Balaban J connectivity index is 1.33. The average molecular weight is 436 g/mol. The third-order valence-corrected chi connectivity index (χ3v) is 7.18. The number of carbonyl (C=O) groups is 1. The molecule has 0 atom stereocenters. The molecule has 7 nitrogen and oxygen atoms in total. The standard InChI is InChI=1S/C23H20N2O5S/c26-23(17-5-10-21-22(15-17)30-14-13-29-21)24-18-6-8-19(9-7-18)31(27,28)25-12-11-16-3-1-2-4-20(16)25/h1-10,15H,11-14H2,(H,24,26). The molecule has 2 heterocycles. The number of benzene rings is 3. The molecule has 0 aliphatic carbocycles. The molecule has 31 heavy (non-hydrogen) atoms. The molecule has 0 radical (unpaired) electrons. The minimum atomic E-state index is -3.67. The molecule has 0 spiro atoms. The summed E-state index contributed by atoms with van der Waals surface area (Å²) in [4.78, 5) is 12.8. The minimum absolute atomic E-state index is 0.182. The van der Waals surface area contributed by atoms with Crippen molar-refractivity contribution in [2.75, 3.05) is 29.4 Å². The number of carbonyl (C=O) groups excluding carboxylic acids is 1. The molecule has 3 aromatic rings. The quantitative estimate of drug-likeness (QED) is 0.677. The lowest BCUT2D eigenvalue weighted by Crippen LogP contribution is -2.29. The van der Waals surface area contributed by atoms with Gasteiger partial charge in [0.2, 0.25) is 0 Å². The van der Waals surface area contributed by atoms with Crippen molar-refractivity contribution in [3.8, 4) is 11.5 Å². The van der Waals surface area contributed by atoms with E-state index in [4.69, 9.17) is 9.47 Å². The lowest BCUT2D eigenvalue weighted by Gasteiger charge is -2.20. The number of rotatable bonds is 4. The van der Waals surface area contributed by atoms with Gasteiger partial charge in [-0.3, -0.25) is 9.10 Å². The normalized spacial score (nSPS) is 14.8. The molecule has 0 bridgehead atoms. The summed E-state index contributed by atoms with van der Waals surface area (Å²) in [6.07, 6.45) is 0.694. The van der Waals surface area contributed by atoms with Crippen molar-refractivity contribution in [2.24, 2.45) is 0 Å². The van der Waals surface area contributed by atoms with E-state index in [9.17, 15) is 13.2 Å². The molecule has 158 valence electrons. The monoisotopic (exact) mass is 436 g/mol. The molecular weight excluding hydrogens is 416 g/mol. The Morgan fingerprint density at radius 1 is 0.903 bits per heavy atom. The Morgan fingerprint density at radius 2 is 1.65 bits per heavy atom. The van der Waals surface area contributed by atoms with Gasteiger partial charge in [-0.05, 0) is 60.5 Å². The van der Waals surface area contributed by atoms with E-state index in [2.05, 4.69) is 5.32 Å². The molecule has 0 fully saturated rings. The molecule has 1 N–H and O–H groups in total. The summed E-state index contributed by atoms with van der Waals surface area (Å²) >= 11 is 0. The Bertz CT molecular complexity index is 1260. The molecule has 2 aliphatic heterocycles. The molecular formula is C23H20N2O5S. The number of anilines is 2. The second-order valence-corrected chi connectivity index (χ2v) is 9.16. The van der Waals surface area contributed by atoms with Gasteiger partial charge in [-0.2, -0.15) is 0 Å². The van der Waals surface area contributed by atoms with E-state index in [1.165, 1.54) is 16.4 Å². The van der Waals surface area contributed by atoms with Crippen LogP contribution in [0.15, 0.2) is 71.6 Å². The molecule has 0 saturated carbocycles. The fourth-order valence-corrected chi connectivity index (χ4v) is 5.29. The summed E-state index contributed by atoms with van der Waals surface area (Å²) in [7, 11) is -3.67. The number of amides is 1. The SMILES string of the molecule is O=C(Nc1ccc(S(=O)(=O)N2CCc3ccccc32)cc1)c1ccc2c(c1)OCCO2. The number of sulfonamides is 1. The Labute approximate surface area is 180 Å². The highest BCUT2D eigenvalue weighted by atomic mass is 32.2. The van der Waals surface area contributed by atoms with E-state index in [1.807, 2.05) is 24.3 Å². The summed E-state index contributed by atoms with van der Waals surface area (Å²) in [6.45, 7) is 1.34. The van der Waals surface area contributed by atoms with Crippen LogP contribution in [0.25, 0.3) is 0 Å². The first-order chi connectivity index (χ1) is 15.0. The maximum Gasteiger partial charge on any atom is 0.264 e. The fourth-order valence-electron chi connectivity index (χ4n) is 3.78. The number of hydrogen-bond acceptors (Lipinski definition) is 5. The van der Waals surface area contributed by atoms with Crippen LogP contribution in [0.4, 0.5) is 11.4 Å². The first-order valence-electron chi connectivity index (χ1n) is 9.94. The lowest BCUT2D eigenvalue weighted by molar-refractivity contribution is 0.102. The van der Waals surface area contributed by atoms with Gasteiger partial charge >= 0.3 is 0 Å². The lowest BCUT2D eigenvalue weighted by atomic mass is 10.1. The first kappa shape index (κ1) is 19.4. The molecule has 3 aromatic carbocycles. The number of nitrogens with one attached hydrogen (secondary N) is 1. The smallest absolute Gasteiger partial charge is 0.264 e. The Kier molecular flexibility index (Phi) is 4.78. The van der Waals surface area contributed by atoms with E-state index in [-0.39, 0.29) is 10.8 Å². The van der Waals surface area contributed by atoms with Crippen molar-refractivity contribution in [3.05, 3.63) is 77.9 Å². The summed E-state index contributed by atoms with van der Waals surface area (Å²) in [5, 5.41) is 2.79. The zero-order valence-electron chi connectivity index (χ0n) is 16.6. The number of nitrogens with zero attached hydrogens (tertiary/aromatic N) is 1. The fraction of sp³-hybridized carbons (Fsp3) is 0.174. The van der Waals surface area contributed by atoms with Gasteiger partial charge in [0.15, 0.2) is 11.5 Å². The average Bonchev–Trinajstić information content (AvgIpc) is 3.24. The van der Waals surface area contributed by atoms with E-state index >= 15 is 0 Å². The molecule has 0 aromatic heterocycles. The minimum Gasteiger partial charge on any atom is -0.486 e. The van der Waals surface area contributed by atoms with Crippen LogP contribution in [0.1, 0.15) is 15.9 Å². The molecule has 5 rings (SSSR count). The molecule has 2 aliphatic rings. The van der Waals surface area contributed by atoms with Crippen molar-refractivity contribution in [2.45, 2.75) is 11.3 Å². The molecule has 0 saturated heterocycles. The molecule has 8 heteroatoms. The Hall–Kier alpha value is -3.52. The predicted octanol–water partition coefficient (Wildman–Crippen LogP) is 3.46. The van der Waals surface area contributed by atoms with Gasteiger partial charge in [0.1, 0.15) is 13.2 Å². The van der Waals surface area contributed by atoms with Gasteiger partial charge in [-0.15, -0.1) is 0 Å². The summed E-state index contributed by atoms with van der Waals surface area (Å²) in [5.74, 6) is 0.827. The van der Waals surface area contributed by atoms with Gasteiger partial charge in [0.25, 0.3) is 15.9 Å². The van der Waals surface area contributed by atoms with Crippen LogP contribution in [-0.4, -0.2) is 34.1 Å². The van der Waals surface area contributed by atoms with Gasteiger partial charge in [0.05, 0.1) is 10.6 Å². The summed E-state index contributed by atoms with van der Waals surface area (Å²) in [5.41, 5.74) is 2.67. The highest BCUT2D eigenvalue weighted by Gasteiger charge is 2.30. The van der Waals surface area contributed by atoms with E-state index in [1.54, 1.807) is 30.3 Å². The highest BCUT2D eigenvalue weighted by molar-refractivity contribution is 7.92. The zero-order chi connectivity index (χ0) is 21.4. The van der Waals surface area contributed by atoms with Gasteiger partial charge < -0.3 is 14.8 Å². The largest absolute Gasteiger partial charge is 0.486 e. The van der Waals surface area contributed by atoms with E-state index in [0.29, 0.717) is 48.9 Å². The van der Waals surface area contributed by atoms with Crippen LogP contribution in [0.2, 0.25) is 0 Å². The number of para-hydroxylation sites is 1. The van der Waals surface area contributed by atoms with Crippen molar-refractivity contribution in [1.29, 1.82) is 0 Å². The third-order valence-electron chi connectivity index (χ3n) is 5.35. The van der Waals surface area contributed by atoms with E-state index < -0.39 is 10.0 Å². The maximum atomic E-state index is 13.1. The zero-order valence-corrected chi connectivity index (χ0v) is 17.4. The van der Waals surface area contributed by atoms with Crippen molar-refractivity contribution < 1.29 is 22.7 Å². The van der Waals surface area contributed by atoms with Crippen LogP contribution in [-0.2, 0) is 16.4 Å². The maximum absolute atomic E-state index is 13.1. The van der Waals surface area contributed by atoms with Crippen LogP contribution < -0.4 is 19.1 Å². The van der Waals surface area contributed by atoms with Crippen LogP contribution in [0.3, 0.4) is 0 Å².